The molecule has 1 atom stereocenters. The molecule has 0 spiro atoms. The van der Waals surface area contributed by atoms with E-state index in [1.54, 1.807) is 6.20 Å². The van der Waals surface area contributed by atoms with Gasteiger partial charge in [0.05, 0.1) is 11.7 Å². The van der Waals surface area contributed by atoms with Crippen LogP contribution in [0.25, 0.3) is 0 Å². The van der Waals surface area contributed by atoms with Crippen LogP contribution < -0.4 is 5.73 Å². The van der Waals surface area contributed by atoms with Crippen LogP contribution in [0.1, 0.15) is 109 Å². The molecule has 0 aliphatic carbocycles. The molecule has 1 rings (SSSR count). The number of nitrogens with one attached hydrogen (secondary N) is 1. The Kier molecular flexibility index (Phi) is 13.4. The molecule has 4 nitrogen and oxygen atoms in total. The summed E-state index contributed by atoms with van der Waals surface area (Å²) in [4.78, 5) is 0. The van der Waals surface area contributed by atoms with Crippen LogP contribution in [0, 0.1) is 0 Å². The van der Waals surface area contributed by atoms with Gasteiger partial charge in [0, 0.05) is 6.20 Å². The summed E-state index contributed by atoms with van der Waals surface area (Å²) in [6.45, 7) is 2.27. The van der Waals surface area contributed by atoms with E-state index >= 15 is 0 Å². The molecule has 0 radical (unpaired) electrons. The van der Waals surface area contributed by atoms with Crippen LogP contribution in [-0.2, 0) is 0 Å². The lowest BCUT2D eigenvalue weighted by molar-refractivity contribution is 0.543. The molecule has 138 valence electrons. The number of nitrogens with zero attached hydrogens (tertiary/aromatic N) is 2. The van der Waals surface area contributed by atoms with Crippen molar-refractivity contribution in [3.05, 3.63) is 24.0 Å². The summed E-state index contributed by atoms with van der Waals surface area (Å²) in [5.41, 5.74) is 6.94. The highest BCUT2D eigenvalue weighted by Gasteiger charge is 2.07. The normalized spacial score (nSPS) is 12.9. The van der Waals surface area contributed by atoms with E-state index in [1.807, 2.05) is 0 Å². The molecule has 0 amide bonds. The van der Waals surface area contributed by atoms with Crippen molar-refractivity contribution in [3.8, 4) is 0 Å². The van der Waals surface area contributed by atoms with Crippen molar-refractivity contribution >= 4 is 0 Å². The minimum atomic E-state index is 0.0358. The molecule has 0 aliphatic rings. The third-order valence-electron chi connectivity index (χ3n) is 4.59. The van der Waals surface area contributed by atoms with Gasteiger partial charge in [0.15, 0.2) is 0 Å². The van der Waals surface area contributed by atoms with Gasteiger partial charge in [0.1, 0.15) is 0 Å². The first-order chi connectivity index (χ1) is 11.8. The molecule has 0 saturated heterocycles. The molecule has 24 heavy (non-hydrogen) atoms. The lowest BCUT2D eigenvalue weighted by Gasteiger charge is -2.07. The second-order valence-corrected chi connectivity index (χ2v) is 6.88. The first kappa shape index (κ1) is 20.9. The summed E-state index contributed by atoms with van der Waals surface area (Å²) in [6, 6.07) is 0.0358. The van der Waals surface area contributed by atoms with E-state index in [0.717, 1.165) is 12.1 Å². The smallest absolute Gasteiger partial charge is 0.0991 e. The molecule has 0 aliphatic heterocycles. The van der Waals surface area contributed by atoms with Crippen LogP contribution in [0.2, 0.25) is 0 Å². The summed E-state index contributed by atoms with van der Waals surface area (Å²) in [6.07, 6.45) is 24.9. The standard InChI is InChI=1S/C20H38N4/c1-2-3-4-5-6-7-8-9-10-11-12-13-14-15-16-17-19(21)20-18-22-24-23-20/h9-10,18-19H,2-8,11-17,21H2,1H3,(H,22,23,24)/b10-9-. The van der Waals surface area contributed by atoms with Crippen molar-refractivity contribution in [2.75, 3.05) is 0 Å². The molecular formula is C20H38N4. The molecule has 1 heterocycles. The largest absolute Gasteiger partial charge is 0.323 e. The number of H-pyrrole nitrogens is 1. The van der Waals surface area contributed by atoms with Gasteiger partial charge in [0.25, 0.3) is 0 Å². The Morgan fingerprint density at radius 3 is 2.08 bits per heavy atom. The third-order valence-corrected chi connectivity index (χ3v) is 4.59. The molecule has 0 aromatic carbocycles. The van der Waals surface area contributed by atoms with Crippen molar-refractivity contribution in [1.82, 2.24) is 15.4 Å². The first-order valence-electron chi connectivity index (χ1n) is 10.1. The lowest BCUT2D eigenvalue weighted by atomic mass is 10.0. The fourth-order valence-corrected chi connectivity index (χ4v) is 2.97. The molecule has 1 aromatic rings. The van der Waals surface area contributed by atoms with Crippen LogP contribution in [0.3, 0.4) is 0 Å². The minimum absolute atomic E-state index is 0.0358. The fourth-order valence-electron chi connectivity index (χ4n) is 2.97. The molecule has 0 fully saturated rings. The average molecular weight is 335 g/mol. The summed E-state index contributed by atoms with van der Waals surface area (Å²) in [7, 11) is 0. The second-order valence-electron chi connectivity index (χ2n) is 6.88. The van der Waals surface area contributed by atoms with Crippen LogP contribution >= 0.6 is 0 Å². The number of aromatic nitrogens is 3. The van der Waals surface area contributed by atoms with E-state index in [-0.39, 0.29) is 6.04 Å². The quantitative estimate of drug-likeness (QED) is 0.295. The monoisotopic (exact) mass is 334 g/mol. The zero-order chi connectivity index (χ0) is 17.3. The lowest BCUT2D eigenvalue weighted by Crippen LogP contribution is -2.10. The molecule has 3 N–H and O–H groups in total. The molecule has 0 bridgehead atoms. The van der Waals surface area contributed by atoms with E-state index < -0.39 is 0 Å². The number of nitrogens with two attached hydrogens (primary N) is 1. The Morgan fingerprint density at radius 1 is 0.917 bits per heavy atom. The molecule has 0 saturated carbocycles. The molecule has 4 heteroatoms. The predicted molar refractivity (Wildman–Crippen MR) is 103 cm³/mol. The zero-order valence-corrected chi connectivity index (χ0v) is 15.7. The fraction of sp³-hybridized carbons (Fsp3) is 0.800. The molecular weight excluding hydrogens is 296 g/mol. The first-order valence-corrected chi connectivity index (χ1v) is 10.1. The number of rotatable bonds is 16. The maximum Gasteiger partial charge on any atom is 0.0991 e. The Labute approximate surface area is 148 Å². The summed E-state index contributed by atoms with van der Waals surface area (Å²) in [5.74, 6) is 0. The van der Waals surface area contributed by atoms with Crippen LogP contribution in [-0.4, -0.2) is 15.4 Å². The highest BCUT2D eigenvalue weighted by Crippen LogP contribution is 2.15. The van der Waals surface area contributed by atoms with Gasteiger partial charge in [0.2, 0.25) is 0 Å². The summed E-state index contributed by atoms with van der Waals surface area (Å²) < 4.78 is 0. The van der Waals surface area contributed by atoms with Gasteiger partial charge in [-0.1, -0.05) is 82.1 Å². The van der Waals surface area contributed by atoms with Crippen LogP contribution in [0.5, 0.6) is 0 Å². The summed E-state index contributed by atoms with van der Waals surface area (Å²) >= 11 is 0. The highest BCUT2D eigenvalue weighted by atomic mass is 15.3. The Hall–Kier alpha value is -1.16. The van der Waals surface area contributed by atoms with Gasteiger partial charge in [-0.2, -0.15) is 0 Å². The van der Waals surface area contributed by atoms with Crippen molar-refractivity contribution in [3.63, 3.8) is 0 Å². The highest BCUT2D eigenvalue weighted by molar-refractivity contribution is 4.97. The van der Waals surface area contributed by atoms with Crippen molar-refractivity contribution in [1.29, 1.82) is 0 Å². The van der Waals surface area contributed by atoms with E-state index in [2.05, 4.69) is 34.5 Å². The third kappa shape index (κ3) is 11.4. The van der Waals surface area contributed by atoms with Gasteiger partial charge in [-0.15, -0.1) is 5.10 Å². The Balaban J connectivity index is 1.79. The number of unbranched alkanes of at least 4 members (excludes halogenated alkanes) is 11. The molecule has 1 aromatic heterocycles. The zero-order valence-electron chi connectivity index (χ0n) is 15.7. The maximum absolute atomic E-state index is 6.06. The van der Waals surface area contributed by atoms with Gasteiger partial charge in [-0.3, -0.25) is 5.10 Å². The topological polar surface area (TPSA) is 67.6 Å². The van der Waals surface area contributed by atoms with Crippen LogP contribution in [0.15, 0.2) is 18.3 Å². The van der Waals surface area contributed by atoms with E-state index in [4.69, 9.17) is 5.73 Å². The van der Waals surface area contributed by atoms with E-state index in [9.17, 15) is 0 Å². The Morgan fingerprint density at radius 2 is 1.50 bits per heavy atom. The number of hydrogen-bond acceptors (Lipinski definition) is 3. The predicted octanol–water partition coefficient (Wildman–Crippen LogP) is 5.84. The SMILES string of the molecule is CCCCCCCC/C=C\CCCCCCCC(N)c1c[nH]nn1. The minimum Gasteiger partial charge on any atom is -0.323 e. The van der Waals surface area contributed by atoms with Crippen molar-refractivity contribution in [2.24, 2.45) is 5.73 Å². The number of hydrogen-bond donors (Lipinski definition) is 2. The second kappa shape index (κ2) is 15.4. The van der Waals surface area contributed by atoms with Gasteiger partial charge < -0.3 is 5.73 Å². The number of allylic oxidation sites excluding steroid dienone is 2. The number of aromatic amines is 1. The van der Waals surface area contributed by atoms with Gasteiger partial charge >= 0.3 is 0 Å². The van der Waals surface area contributed by atoms with Crippen LogP contribution in [0.4, 0.5) is 0 Å². The Bertz CT molecular complexity index is 386. The molecule has 1 unspecified atom stereocenters. The van der Waals surface area contributed by atoms with Gasteiger partial charge in [-0.25, -0.2) is 0 Å². The van der Waals surface area contributed by atoms with Crippen molar-refractivity contribution in [2.45, 2.75) is 103 Å². The van der Waals surface area contributed by atoms with Gasteiger partial charge in [-0.05, 0) is 32.1 Å². The summed E-state index contributed by atoms with van der Waals surface area (Å²) in [5, 5.41) is 10.4. The maximum atomic E-state index is 6.06. The van der Waals surface area contributed by atoms with E-state index in [0.29, 0.717) is 0 Å². The van der Waals surface area contributed by atoms with E-state index in [1.165, 1.54) is 83.5 Å². The van der Waals surface area contributed by atoms with Crippen molar-refractivity contribution < 1.29 is 0 Å². The average Bonchev–Trinajstić information content (AvgIpc) is 3.13.